The number of nitrogens with one attached hydrogen (secondary N) is 1. The van der Waals surface area contributed by atoms with Gasteiger partial charge in [0.1, 0.15) is 4.60 Å². The largest absolute Gasteiger partial charge is 0.461 e. The quantitative estimate of drug-likeness (QED) is 0.874. The molecule has 2 aromatic rings. The van der Waals surface area contributed by atoms with Crippen LogP contribution in [0.4, 0.5) is 5.82 Å². The van der Waals surface area contributed by atoms with Gasteiger partial charge in [0, 0.05) is 13.2 Å². The first kappa shape index (κ1) is 11.8. The van der Waals surface area contributed by atoms with E-state index in [0.717, 1.165) is 4.60 Å². The van der Waals surface area contributed by atoms with Crippen LogP contribution in [-0.2, 0) is 4.74 Å². The van der Waals surface area contributed by atoms with Crippen molar-refractivity contribution in [1.29, 1.82) is 0 Å². The van der Waals surface area contributed by atoms with Crippen molar-refractivity contribution in [3.05, 3.63) is 22.7 Å². The van der Waals surface area contributed by atoms with E-state index >= 15 is 0 Å². The van der Waals surface area contributed by atoms with Crippen molar-refractivity contribution < 1.29 is 9.53 Å². The Hall–Kier alpha value is -1.63. The molecule has 0 aromatic carbocycles. The van der Waals surface area contributed by atoms with Gasteiger partial charge in [0.2, 0.25) is 0 Å². The molecule has 2 aromatic heterocycles. The number of carbonyl (C=O) groups is 1. The molecule has 0 saturated heterocycles. The Morgan fingerprint density at radius 1 is 1.65 bits per heavy atom. The Balaban J connectivity index is 2.58. The number of carbonyl (C=O) groups excluding carboxylic acids is 1. The standard InChI is InChI=1S/C10H11BrN4O2/c1-3-17-10(16)6-5-15-7(11)4-13-9(15)8(12-2)14-6/h4-5H,3H2,1-2H3,(H,12,14). The number of aromatic nitrogens is 3. The number of hydrogen-bond acceptors (Lipinski definition) is 5. The van der Waals surface area contributed by atoms with Crippen LogP contribution in [0.1, 0.15) is 17.4 Å². The lowest BCUT2D eigenvalue weighted by Crippen LogP contribution is -2.10. The minimum atomic E-state index is -0.452. The van der Waals surface area contributed by atoms with Gasteiger partial charge in [-0.15, -0.1) is 0 Å². The van der Waals surface area contributed by atoms with Crippen molar-refractivity contribution in [3.8, 4) is 0 Å². The van der Waals surface area contributed by atoms with Gasteiger partial charge in [0.25, 0.3) is 0 Å². The normalized spacial score (nSPS) is 10.5. The number of ether oxygens (including phenoxy) is 1. The number of anilines is 1. The summed E-state index contributed by atoms with van der Waals surface area (Å²) in [5.41, 5.74) is 0.884. The van der Waals surface area contributed by atoms with Crippen LogP contribution < -0.4 is 5.32 Å². The number of rotatable bonds is 3. The highest BCUT2D eigenvalue weighted by Gasteiger charge is 2.14. The van der Waals surface area contributed by atoms with Gasteiger partial charge >= 0.3 is 5.97 Å². The molecule has 0 amide bonds. The van der Waals surface area contributed by atoms with Crippen LogP contribution in [0.15, 0.2) is 17.0 Å². The first-order valence-electron chi connectivity index (χ1n) is 5.05. The first-order valence-corrected chi connectivity index (χ1v) is 5.85. The van der Waals surface area contributed by atoms with Crippen molar-refractivity contribution in [3.63, 3.8) is 0 Å². The van der Waals surface area contributed by atoms with Crippen LogP contribution >= 0.6 is 15.9 Å². The third-order valence-electron chi connectivity index (χ3n) is 2.17. The van der Waals surface area contributed by atoms with Gasteiger partial charge in [-0.2, -0.15) is 0 Å². The summed E-state index contributed by atoms with van der Waals surface area (Å²) in [7, 11) is 1.72. The molecule has 0 aliphatic heterocycles. The minimum Gasteiger partial charge on any atom is -0.461 e. The van der Waals surface area contributed by atoms with E-state index in [1.807, 2.05) is 0 Å². The first-order chi connectivity index (χ1) is 8.17. The van der Waals surface area contributed by atoms with Crippen molar-refractivity contribution >= 4 is 33.4 Å². The Morgan fingerprint density at radius 2 is 2.41 bits per heavy atom. The van der Waals surface area contributed by atoms with Crippen molar-refractivity contribution in [2.24, 2.45) is 0 Å². The molecule has 2 rings (SSSR count). The van der Waals surface area contributed by atoms with Crippen molar-refractivity contribution in [2.75, 3.05) is 19.0 Å². The minimum absolute atomic E-state index is 0.238. The van der Waals surface area contributed by atoms with E-state index < -0.39 is 5.97 Å². The highest BCUT2D eigenvalue weighted by Crippen LogP contribution is 2.19. The van der Waals surface area contributed by atoms with Crippen LogP contribution in [0.5, 0.6) is 0 Å². The maximum atomic E-state index is 11.6. The average molecular weight is 299 g/mol. The van der Waals surface area contributed by atoms with Crippen molar-refractivity contribution in [2.45, 2.75) is 6.92 Å². The van der Waals surface area contributed by atoms with Gasteiger partial charge < -0.3 is 10.1 Å². The van der Waals surface area contributed by atoms with Crippen molar-refractivity contribution in [1.82, 2.24) is 14.4 Å². The molecule has 90 valence electrons. The van der Waals surface area contributed by atoms with Gasteiger partial charge in [-0.05, 0) is 22.9 Å². The molecule has 1 N–H and O–H groups in total. The topological polar surface area (TPSA) is 68.5 Å². The molecule has 0 bridgehead atoms. The molecule has 7 heteroatoms. The van der Waals surface area contributed by atoms with Gasteiger partial charge in [-0.3, -0.25) is 4.40 Å². The maximum absolute atomic E-state index is 11.6. The molecule has 0 fully saturated rings. The summed E-state index contributed by atoms with van der Waals surface area (Å²) in [6.45, 7) is 2.07. The highest BCUT2D eigenvalue weighted by molar-refractivity contribution is 9.10. The molecule has 0 atom stereocenters. The summed E-state index contributed by atoms with van der Waals surface area (Å²) in [5, 5.41) is 2.90. The summed E-state index contributed by atoms with van der Waals surface area (Å²) in [5.74, 6) is 0.0766. The zero-order valence-corrected chi connectivity index (χ0v) is 11.0. The average Bonchev–Trinajstić information content (AvgIpc) is 2.70. The number of imidazole rings is 1. The lowest BCUT2D eigenvalue weighted by Gasteiger charge is -2.06. The number of nitrogens with zero attached hydrogens (tertiary/aromatic N) is 3. The molecule has 0 aliphatic carbocycles. The van der Waals surface area contributed by atoms with E-state index in [1.54, 1.807) is 30.8 Å². The molecule has 17 heavy (non-hydrogen) atoms. The van der Waals surface area contributed by atoms with Crippen LogP contribution in [0.3, 0.4) is 0 Å². The Labute approximate surface area is 106 Å². The van der Waals surface area contributed by atoms with Gasteiger partial charge in [-0.25, -0.2) is 14.8 Å². The van der Waals surface area contributed by atoms with Crippen LogP contribution in [-0.4, -0.2) is 34.0 Å². The number of hydrogen-bond donors (Lipinski definition) is 1. The smallest absolute Gasteiger partial charge is 0.358 e. The molecule has 6 nitrogen and oxygen atoms in total. The third-order valence-corrected chi connectivity index (χ3v) is 2.76. The summed E-state index contributed by atoms with van der Waals surface area (Å²) in [6, 6.07) is 0. The molecular weight excluding hydrogens is 288 g/mol. The summed E-state index contributed by atoms with van der Waals surface area (Å²) in [6.07, 6.45) is 3.23. The van der Waals surface area contributed by atoms with Gasteiger partial charge in [-0.1, -0.05) is 0 Å². The zero-order valence-electron chi connectivity index (χ0n) is 9.40. The van der Waals surface area contributed by atoms with E-state index in [4.69, 9.17) is 4.74 Å². The molecular formula is C10H11BrN4O2. The van der Waals surface area contributed by atoms with E-state index in [9.17, 15) is 4.79 Å². The van der Waals surface area contributed by atoms with Gasteiger partial charge in [0.15, 0.2) is 17.2 Å². The molecule has 2 heterocycles. The second-order valence-corrected chi connectivity index (χ2v) is 4.03. The molecule has 0 radical (unpaired) electrons. The van der Waals surface area contributed by atoms with E-state index in [1.165, 1.54) is 0 Å². The zero-order chi connectivity index (χ0) is 12.4. The summed E-state index contributed by atoms with van der Waals surface area (Å²) in [4.78, 5) is 20.0. The second kappa shape index (κ2) is 4.70. The third kappa shape index (κ3) is 2.10. The maximum Gasteiger partial charge on any atom is 0.358 e. The van der Waals surface area contributed by atoms with Crippen LogP contribution in [0.2, 0.25) is 0 Å². The Bertz CT molecular complexity index is 567. The SMILES string of the molecule is CCOC(=O)c1cn2c(Br)cnc2c(NC)n1. The number of esters is 1. The fraction of sp³-hybridized carbons (Fsp3) is 0.300. The van der Waals surface area contributed by atoms with Crippen LogP contribution in [0.25, 0.3) is 5.65 Å². The number of fused-ring (bicyclic) bond motifs is 1. The Kier molecular flexibility index (Phi) is 3.28. The fourth-order valence-corrected chi connectivity index (χ4v) is 1.80. The highest BCUT2D eigenvalue weighted by atomic mass is 79.9. The second-order valence-electron chi connectivity index (χ2n) is 3.22. The molecule has 0 unspecified atom stereocenters. The van der Waals surface area contributed by atoms with E-state index in [0.29, 0.717) is 18.1 Å². The Morgan fingerprint density at radius 3 is 3.06 bits per heavy atom. The lowest BCUT2D eigenvalue weighted by molar-refractivity contribution is 0.0519. The predicted octanol–water partition coefficient (Wildman–Crippen LogP) is 1.71. The summed E-state index contributed by atoms with van der Waals surface area (Å²) < 4.78 is 7.39. The van der Waals surface area contributed by atoms with E-state index in [-0.39, 0.29) is 5.69 Å². The van der Waals surface area contributed by atoms with E-state index in [2.05, 4.69) is 31.2 Å². The van der Waals surface area contributed by atoms with Crippen LogP contribution in [0, 0.1) is 0 Å². The lowest BCUT2D eigenvalue weighted by atomic mass is 10.4. The fourth-order valence-electron chi connectivity index (χ4n) is 1.43. The molecule has 0 saturated carbocycles. The monoisotopic (exact) mass is 298 g/mol. The molecule has 0 spiro atoms. The predicted molar refractivity (Wildman–Crippen MR) is 66.2 cm³/mol. The van der Waals surface area contributed by atoms with Gasteiger partial charge in [0.05, 0.1) is 12.8 Å². The summed E-state index contributed by atoms with van der Waals surface area (Å²) >= 11 is 3.35. The number of halogens is 1. The molecule has 0 aliphatic rings.